The second-order valence-electron chi connectivity index (χ2n) is 7.35. The zero-order chi connectivity index (χ0) is 17.4. The van der Waals surface area contributed by atoms with E-state index >= 15 is 0 Å². The fourth-order valence-electron chi connectivity index (χ4n) is 2.51. The zero-order valence-electron chi connectivity index (χ0n) is 15.5. The van der Waals surface area contributed by atoms with Crippen molar-refractivity contribution in [1.29, 1.82) is 0 Å². The van der Waals surface area contributed by atoms with E-state index in [1.807, 2.05) is 0 Å². The predicted octanol–water partition coefficient (Wildman–Crippen LogP) is 4.66. The van der Waals surface area contributed by atoms with Gasteiger partial charge < -0.3 is 13.0 Å². The molecule has 0 saturated heterocycles. The standard InChI is InChI=1S/C15H34O4Si3/c1-9-11-13-20(3,4)18-22(7,8)19-21(5,6)14-12-17-15(16)10-2/h10H,2,9,11-14H2,1,3-8H3. The molecule has 4 nitrogen and oxygen atoms in total. The van der Waals surface area contributed by atoms with E-state index in [2.05, 4.69) is 52.8 Å². The van der Waals surface area contributed by atoms with E-state index < -0.39 is 25.2 Å². The van der Waals surface area contributed by atoms with Gasteiger partial charge in [0.15, 0.2) is 16.6 Å². The summed E-state index contributed by atoms with van der Waals surface area (Å²) in [5.74, 6) is -0.370. The molecular formula is C15H34O4Si3. The van der Waals surface area contributed by atoms with Crippen molar-refractivity contribution in [3.8, 4) is 0 Å². The topological polar surface area (TPSA) is 44.8 Å². The van der Waals surface area contributed by atoms with Gasteiger partial charge in [-0.25, -0.2) is 4.79 Å². The maximum absolute atomic E-state index is 11.1. The zero-order valence-corrected chi connectivity index (χ0v) is 18.5. The molecule has 0 aromatic heterocycles. The van der Waals surface area contributed by atoms with E-state index in [4.69, 9.17) is 13.0 Å². The number of carbonyl (C=O) groups is 1. The van der Waals surface area contributed by atoms with Gasteiger partial charge in [0, 0.05) is 6.08 Å². The van der Waals surface area contributed by atoms with Gasteiger partial charge in [0.05, 0.1) is 6.61 Å². The monoisotopic (exact) mass is 362 g/mol. The van der Waals surface area contributed by atoms with Crippen molar-refractivity contribution in [3.05, 3.63) is 12.7 Å². The summed E-state index contributed by atoms with van der Waals surface area (Å²) in [4.78, 5) is 11.1. The fraction of sp³-hybridized carbons (Fsp3) is 0.800. The molecule has 0 radical (unpaired) electrons. The number of esters is 1. The normalized spacial score (nSPS) is 13.0. The van der Waals surface area contributed by atoms with Crippen molar-refractivity contribution in [2.75, 3.05) is 6.61 Å². The quantitative estimate of drug-likeness (QED) is 0.304. The van der Waals surface area contributed by atoms with Crippen LogP contribution in [0.1, 0.15) is 19.8 Å². The van der Waals surface area contributed by atoms with E-state index in [1.165, 1.54) is 25.0 Å². The van der Waals surface area contributed by atoms with Crippen molar-refractivity contribution in [1.82, 2.24) is 0 Å². The Bertz CT molecular complexity index is 368. The summed E-state index contributed by atoms with van der Waals surface area (Å²) in [6.07, 6.45) is 3.62. The molecule has 0 aromatic rings. The summed E-state index contributed by atoms with van der Waals surface area (Å²) in [6, 6.07) is 1.96. The molecule has 0 N–H and O–H groups in total. The molecule has 0 saturated carbocycles. The number of hydrogen-bond donors (Lipinski definition) is 0. The fourth-order valence-corrected chi connectivity index (χ4v) is 16.3. The molecule has 22 heavy (non-hydrogen) atoms. The second kappa shape index (κ2) is 9.17. The Morgan fingerprint density at radius 1 is 1.00 bits per heavy atom. The van der Waals surface area contributed by atoms with E-state index in [1.54, 1.807) is 0 Å². The molecule has 0 spiro atoms. The number of hydrogen-bond acceptors (Lipinski definition) is 4. The highest BCUT2D eigenvalue weighted by Gasteiger charge is 2.39. The van der Waals surface area contributed by atoms with Crippen LogP contribution >= 0.6 is 0 Å². The van der Waals surface area contributed by atoms with Crippen LogP contribution in [0.3, 0.4) is 0 Å². The lowest BCUT2D eigenvalue weighted by atomic mass is 10.4. The van der Waals surface area contributed by atoms with Crippen LogP contribution in [0.4, 0.5) is 0 Å². The molecule has 0 heterocycles. The highest BCUT2D eigenvalue weighted by Crippen LogP contribution is 2.25. The Balaban J connectivity index is 4.46. The molecule has 0 bridgehead atoms. The van der Waals surface area contributed by atoms with Gasteiger partial charge in [-0.1, -0.05) is 26.3 Å². The van der Waals surface area contributed by atoms with Crippen LogP contribution in [-0.2, 0) is 17.8 Å². The molecule has 0 aliphatic heterocycles. The lowest BCUT2D eigenvalue weighted by molar-refractivity contribution is -0.137. The maximum atomic E-state index is 11.1. The summed E-state index contributed by atoms with van der Waals surface area (Å²) >= 11 is 0. The van der Waals surface area contributed by atoms with Crippen LogP contribution in [0.2, 0.25) is 51.4 Å². The first-order valence-electron chi connectivity index (χ1n) is 8.12. The average molecular weight is 363 g/mol. The summed E-state index contributed by atoms with van der Waals surface area (Å²) < 4.78 is 18.0. The van der Waals surface area contributed by atoms with Crippen LogP contribution in [0.25, 0.3) is 0 Å². The summed E-state index contributed by atoms with van der Waals surface area (Å²) in [5, 5.41) is 0. The van der Waals surface area contributed by atoms with E-state index in [9.17, 15) is 4.79 Å². The minimum Gasteiger partial charge on any atom is -0.463 e. The van der Waals surface area contributed by atoms with Crippen molar-refractivity contribution in [2.45, 2.75) is 71.1 Å². The van der Waals surface area contributed by atoms with Gasteiger partial charge in [-0.2, -0.15) is 0 Å². The van der Waals surface area contributed by atoms with Crippen molar-refractivity contribution in [3.63, 3.8) is 0 Å². The lowest BCUT2D eigenvalue weighted by Gasteiger charge is -2.38. The molecule has 0 fully saturated rings. The molecule has 0 rings (SSSR count). The van der Waals surface area contributed by atoms with Gasteiger partial charge in [0.1, 0.15) is 0 Å². The Labute approximate surface area is 139 Å². The molecular weight excluding hydrogens is 328 g/mol. The Morgan fingerprint density at radius 2 is 1.50 bits per heavy atom. The Kier molecular flexibility index (Phi) is 9.08. The first-order valence-corrected chi connectivity index (χ1v) is 17.2. The van der Waals surface area contributed by atoms with Crippen molar-refractivity contribution < 1.29 is 17.8 Å². The Hall–Kier alpha value is -0.219. The highest BCUT2D eigenvalue weighted by atomic mass is 28.5. The number of ether oxygens (including phenoxy) is 1. The van der Waals surface area contributed by atoms with E-state index in [0.29, 0.717) is 6.61 Å². The predicted molar refractivity (Wildman–Crippen MR) is 100 cm³/mol. The second-order valence-corrected chi connectivity index (χ2v) is 19.8. The van der Waals surface area contributed by atoms with Gasteiger partial charge in [-0.15, -0.1) is 0 Å². The average Bonchev–Trinajstić information content (AvgIpc) is 2.33. The van der Waals surface area contributed by atoms with Gasteiger partial charge >= 0.3 is 14.5 Å². The van der Waals surface area contributed by atoms with Crippen LogP contribution < -0.4 is 0 Å². The Morgan fingerprint density at radius 3 is 1.95 bits per heavy atom. The van der Waals surface area contributed by atoms with Crippen LogP contribution in [-0.4, -0.2) is 37.8 Å². The molecule has 0 amide bonds. The van der Waals surface area contributed by atoms with Gasteiger partial charge in [-0.05, 0) is 51.4 Å². The maximum Gasteiger partial charge on any atom is 0.330 e. The largest absolute Gasteiger partial charge is 0.463 e. The third-order valence-corrected chi connectivity index (χ3v) is 14.6. The molecule has 0 aromatic carbocycles. The molecule has 0 aliphatic rings. The first-order chi connectivity index (χ1) is 9.93. The van der Waals surface area contributed by atoms with Crippen molar-refractivity contribution in [2.24, 2.45) is 0 Å². The SMILES string of the molecule is C=CC(=O)OCC[Si](C)(C)O[Si](C)(C)O[Si](C)(C)CCCC. The molecule has 0 atom stereocenters. The number of rotatable bonds is 11. The molecule has 0 unspecified atom stereocenters. The van der Waals surface area contributed by atoms with E-state index in [0.717, 1.165) is 6.04 Å². The van der Waals surface area contributed by atoms with E-state index in [-0.39, 0.29) is 5.97 Å². The van der Waals surface area contributed by atoms with Gasteiger partial charge in [-0.3, -0.25) is 0 Å². The highest BCUT2D eigenvalue weighted by molar-refractivity contribution is 6.87. The van der Waals surface area contributed by atoms with Crippen LogP contribution in [0.5, 0.6) is 0 Å². The molecule has 7 heteroatoms. The first kappa shape index (κ1) is 21.8. The lowest BCUT2D eigenvalue weighted by Crippen LogP contribution is -2.52. The van der Waals surface area contributed by atoms with Crippen molar-refractivity contribution >= 4 is 31.2 Å². The van der Waals surface area contributed by atoms with Gasteiger partial charge in [0.25, 0.3) is 0 Å². The number of carbonyl (C=O) groups excluding carboxylic acids is 1. The summed E-state index contributed by atoms with van der Waals surface area (Å²) in [5.41, 5.74) is 0. The summed E-state index contributed by atoms with van der Waals surface area (Å²) in [7, 11) is -5.70. The smallest absolute Gasteiger partial charge is 0.330 e. The number of unbranched alkanes of at least 4 members (excludes halogenated alkanes) is 1. The molecule has 130 valence electrons. The summed E-state index contributed by atoms with van der Waals surface area (Å²) in [6.45, 7) is 19.2. The van der Waals surface area contributed by atoms with Gasteiger partial charge in [0.2, 0.25) is 0 Å². The van der Waals surface area contributed by atoms with Crippen LogP contribution in [0, 0.1) is 0 Å². The third-order valence-electron chi connectivity index (χ3n) is 3.29. The third kappa shape index (κ3) is 10.5. The minimum absolute atomic E-state index is 0.370. The van der Waals surface area contributed by atoms with Crippen LogP contribution in [0.15, 0.2) is 12.7 Å². The molecule has 0 aliphatic carbocycles. The minimum atomic E-state index is -2.15.